The second-order valence-corrected chi connectivity index (χ2v) is 7.03. The fourth-order valence-electron chi connectivity index (χ4n) is 4.12. The van der Waals surface area contributed by atoms with Gasteiger partial charge in [0.15, 0.2) is 0 Å². The molecule has 0 radical (unpaired) electrons. The summed E-state index contributed by atoms with van der Waals surface area (Å²) in [5, 5.41) is 0. The highest BCUT2D eigenvalue weighted by Crippen LogP contribution is 2.41. The minimum absolute atomic E-state index is 0.705. The molecule has 0 spiro atoms. The number of hydrogen-bond donors (Lipinski definition) is 1. The van der Waals surface area contributed by atoms with Crippen LogP contribution in [0.5, 0.6) is 0 Å². The van der Waals surface area contributed by atoms with Gasteiger partial charge in [-0.2, -0.15) is 0 Å². The van der Waals surface area contributed by atoms with E-state index in [1.54, 1.807) is 11.3 Å². The van der Waals surface area contributed by atoms with Crippen LogP contribution in [0.15, 0.2) is 17.6 Å². The summed E-state index contributed by atoms with van der Waals surface area (Å²) in [7, 11) is 0. The van der Waals surface area contributed by atoms with E-state index in [1.807, 2.05) is 5.51 Å². The molecule has 1 aliphatic carbocycles. The van der Waals surface area contributed by atoms with Gasteiger partial charge < -0.3 is 10.6 Å². The molecule has 20 heavy (non-hydrogen) atoms. The van der Waals surface area contributed by atoms with E-state index in [-0.39, 0.29) is 0 Å². The molecule has 2 N–H and O–H groups in total. The van der Waals surface area contributed by atoms with Crippen LogP contribution in [-0.2, 0) is 0 Å². The Morgan fingerprint density at radius 2 is 2.00 bits per heavy atom. The molecule has 3 nitrogen and oxygen atoms in total. The number of hydrogen-bond acceptors (Lipinski definition) is 4. The summed E-state index contributed by atoms with van der Waals surface area (Å²) in [6.07, 6.45) is 8.26. The van der Waals surface area contributed by atoms with Crippen molar-refractivity contribution >= 4 is 32.9 Å². The van der Waals surface area contributed by atoms with Crippen molar-refractivity contribution in [1.29, 1.82) is 0 Å². The summed E-state index contributed by atoms with van der Waals surface area (Å²) in [6, 6.07) is 5.10. The average Bonchev–Trinajstić information content (AvgIpc) is 3.20. The maximum Gasteiger partial charge on any atom is 0.106 e. The quantitative estimate of drug-likeness (QED) is 0.848. The number of thiazole rings is 1. The molecule has 2 aliphatic rings. The van der Waals surface area contributed by atoms with Gasteiger partial charge in [0.05, 0.1) is 21.6 Å². The Labute approximate surface area is 123 Å². The number of nitrogen functional groups attached to an aromatic ring is 1. The first kappa shape index (κ1) is 12.5. The number of rotatable bonds is 2. The van der Waals surface area contributed by atoms with Gasteiger partial charge in [0, 0.05) is 12.6 Å². The van der Waals surface area contributed by atoms with Crippen LogP contribution >= 0.6 is 11.3 Å². The predicted octanol–water partition coefficient (Wildman–Crippen LogP) is 4.04. The van der Waals surface area contributed by atoms with E-state index in [1.165, 1.54) is 48.9 Å². The van der Waals surface area contributed by atoms with E-state index in [9.17, 15) is 0 Å². The molecule has 2 heterocycles. The van der Waals surface area contributed by atoms with Crippen molar-refractivity contribution in [2.24, 2.45) is 5.92 Å². The lowest BCUT2D eigenvalue weighted by atomic mass is 9.95. The zero-order valence-electron chi connectivity index (χ0n) is 11.7. The normalized spacial score (nSPS) is 24.0. The first-order valence-corrected chi connectivity index (χ1v) is 8.61. The van der Waals surface area contributed by atoms with Crippen LogP contribution in [-0.4, -0.2) is 17.6 Å². The van der Waals surface area contributed by atoms with Crippen molar-refractivity contribution in [1.82, 2.24) is 4.98 Å². The summed E-state index contributed by atoms with van der Waals surface area (Å²) < 4.78 is 1.20. The highest BCUT2D eigenvalue weighted by molar-refractivity contribution is 7.16. The maximum atomic E-state index is 6.41. The highest BCUT2D eigenvalue weighted by atomic mass is 32.1. The molecule has 1 saturated heterocycles. The lowest BCUT2D eigenvalue weighted by molar-refractivity contribution is 0.431. The molecule has 4 rings (SSSR count). The fraction of sp³-hybridized carbons (Fsp3) is 0.562. The van der Waals surface area contributed by atoms with Crippen LogP contribution < -0.4 is 10.6 Å². The standard InChI is InChI=1S/C16H21N3S/c17-15-13(7-8-14-16(15)18-10-20-14)19-9-3-6-12(19)11-4-1-2-5-11/h7-8,10-12H,1-6,9,17H2. The molecule has 1 aromatic carbocycles. The number of anilines is 2. The number of fused-ring (bicyclic) bond motifs is 1. The Bertz CT molecular complexity index is 615. The molecular formula is C16H21N3S. The van der Waals surface area contributed by atoms with Crippen LogP contribution in [0.2, 0.25) is 0 Å². The molecule has 1 aliphatic heterocycles. The van der Waals surface area contributed by atoms with Crippen LogP contribution in [0.25, 0.3) is 10.2 Å². The van der Waals surface area contributed by atoms with Crippen molar-refractivity contribution in [2.45, 2.75) is 44.6 Å². The first-order valence-electron chi connectivity index (χ1n) is 7.73. The van der Waals surface area contributed by atoms with Crippen molar-refractivity contribution in [3.8, 4) is 0 Å². The van der Waals surface area contributed by atoms with Gasteiger partial charge >= 0.3 is 0 Å². The molecule has 1 saturated carbocycles. The monoisotopic (exact) mass is 287 g/mol. The van der Waals surface area contributed by atoms with Gasteiger partial charge in [-0.3, -0.25) is 0 Å². The summed E-state index contributed by atoms with van der Waals surface area (Å²) >= 11 is 1.67. The smallest absolute Gasteiger partial charge is 0.106 e. The Morgan fingerprint density at radius 1 is 1.15 bits per heavy atom. The third-order valence-corrected chi connectivity index (χ3v) is 5.87. The molecule has 1 aromatic heterocycles. The second-order valence-electron chi connectivity index (χ2n) is 6.14. The third kappa shape index (κ3) is 1.89. The van der Waals surface area contributed by atoms with Crippen LogP contribution in [0.4, 0.5) is 11.4 Å². The predicted molar refractivity (Wildman–Crippen MR) is 86.4 cm³/mol. The molecule has 4 heteroatoms. The van der Waals surface area contributed by atoms with Crippen molar-refractivity contribution in [3.05, 3.63) is 17.6 Å². The van der Waals surface area contributed by atoms with Crippen molar-refractivity contribution in [2.75, 3.05) is 17.2 Å². The van der Waals surface area contributed by atoms with Gasteiger partial charge in [-0.05, 0) is 43.7 Å². The van der Waals surface area contributed by atoms with Gasteiger partial charge in [-0.1, -0.05) is 12.8 Å². The molecule has 106 valence electrons. The Kier molecular flexibility index (Phi) is 3.06. The number of aromatic nitrogens is 1. The van der Waals surface area contributed by atoms with Crippen LogP contribution in [0, 0.1) is 5.92 Å². The molecule has 2 aromatic rings. The van der Waals surface area contributed by atoms with Gasteiger partial charge in [0.1, 0.15) is 5.52 Å². The average molecular weight is 287 g/mol. The minimum Gasteiger partial charge on any atom is -0.395 e. The topological polar surface area (TPSA) is 42.1 Å². The molecule has 0 bridgehead atoms. The zero-order chi connectivity index (χ0) is 13.5. The van der Waals surface area contributed by atoms with Gasteiger partial charge in [0.25, 0.3) is 0 Å². The minimum atomic E-state index is 0.705. The highest BCUT2D eigenvalue weighted by Gasteiger charge is 2.34. The summed E-state index contributed by atoms with van der Waals surface area (Å²) in [6.45, 7) is 1.15. The van der Waals surface area contributed by atoms with Crippen LogP contribution in [0.3, 0.4) is 0 Å². The fourth-order valence-corrected chi connectivity index (χ4v) is 4.81. The third-order valence-electron chi connectivity index (χ3n) is 5.07. The van der Waals surface area contributed by atoms with E-state index in [4.69, 9.17) is 5.73 Å². The summed E-state index contributed by atoms with van der Waals surface area (Å²) in [5.41, 5.74) is 11.4. The zero-order valence-corrected chi connectivity index (χ0v) is 12.5. The van der Waals surface area contributed by atoms with E-state index >= 15 is 0 Å². The Hall–Kier alpha value is -1.29. The van der Waals surface area contributed by atoms with E-state index in [0.29, 0.717) is 6.04 Å². The second kappa shape index (κ2) is 4.92. The van der Waals surface area contributed by atoms with Crippen LogP contribution in [0.1, 0.15) is 38.5 Å². The van der Waals surface area contributed by atoms with Crippen molar-refractivity contribution in [3.63, 3.8) is 0 Å². The molecule has 1 unspecified atom stereocenters. The number of nitrogens with two attached hydrogens (primary N) is 1. The molecule has 1 atom stereocenters. The van der Waals surface area contributed by atoms with E-state index in [0.717, 1.165) is 23.7 Å². The number of nitrogens with zero attached hydrogens (tertiary/aromatic N) is 2. The molecular weight excluding hydrogens is 266 g/mol. The maximum absolute atomic E-state index is 6.41. The lowest BCUT2D eigenvalue weighted by Crippen LogP contribution is -2.35. The van der Waals surface area contributed by atoms with E-state index in [2.05, 4.69) is 22.0 Å². The van der Waals surface area contributed by atoms with Gasteiger partial charge in [0.2, 0.25) is 0 Å². The Morgan fingerprint density at radius 3 is 2.85 bits per heavy atom. The molecule has 0 amide bonds. The largest absolute Gasteiger partial charge is 0.395 e. The summed E-state index contributed by atoms with van der Waals surface area (Å²) in [4.78, 5) is 7.01. The Balaban J connectivity index is 1.71. The lowest BCUT2D eigenvalue weighted by Gasteiger charge is -2.32. The molecule has 2 fully saturated rings. The first-order chi connectivity index (χ1) is 9.84. The van der Waals surface area contributed by atoms with Gasteiger partial charge in [-0.15, -0.1) is 11.3 Å². The summed E-state index contributed by atoms with van der Waals surface area (Å²) in [5.74, 6) is 0.878. The van der Waals surface area contributed by atoms with Crippen molar-refractivity contribution < 1.29 is 0 Å². The van der Waals surface area contributed by atoms with Gasteiger partial charge in [-0.25, -0.2) is 4.98 Å². The SMILES string of the molecule is Nc1c(N2CCCC2C2CCCC2)ccc2scnc12. The van der Waals surface area contributed by atoms with E-state index < -0.39 is 0 Å². The number of benzene rings is 1.